The Bertz CT molecular complexity index is 507. The number of ether oxygens (including phenoxy) is 1. The Kier molecular flexibility index (Phi) is 8.16. The van der Waals surface area contributed by atoms with E-state index in [1.807, 2.05) is 32.6 Å². The molecule has 0 radical (unpaired) electrons. The highest BCUT2D eigenvalue weighted by atomic mass is 16.6. The van der Waals surface area contributed by atoms with Gasteiger partial charge in [-0.15, -0.1) is 0 Å². The van der Waals surface area contributed by atoms with Gasteiger partial charge in [0, 0.05) is 26.2 Å². The van der Waals surface area contributed by atoms with Crippen molar-refractivity contribution in [3.05, 3.63) is 29.8 Å². The van der Waals surface area contributed by atoms with Crippen LogP contribution in [0.2, 0.25) is 0 Å². The van der Waals surface area contributed by atoms with Crippen LogP contribution in [0.25, 0.3) is 0 Å². The van der Waals surface area contributed by atoms with Gasteiger partial charge in [0.25, 0.3) is 5.91 Å². The SMILES string of the molecule is CCCN(CCC)C(=O)c1ccccc1OC(=O)N(CC)CC. The van der Waals surface area contributed by atoms with Crippen molar-refractivity contribution in [1.82, 2.24) is 9.80 Å². The van der Waals surface area contributed by atoms with Crippen LogP contribution < -0.4 is 4.74 Å². The number of carbonyl (C=O) groups excluding carboxylic acids is 2. The molecule has 1 aromatic rings. The van der Waals surface area contributed by atoms with Crippen LogP contribution in [-0.4, -0.2) is 48.0 Å². The molecule has 0 bridgehead atoms. The molecule has 128 valence electrons. The third kappa shape index (κ3) is 5.27. The van der Waals surface area contributed by atoms with E-state index in [0.717, 1.165) is 12.8 Å². The Morgan fingerprint density at radius 3 is 2.00 bits per heavy atom. The standard InChI is InChI=1S/C18H28N2O3/c1-5-13-20(14-6-2)17(21)15-11-9-10-12-16(15)23-18(22)19(7-3)8-4/h9-12H,5-8,13-14H2,1-4H3. The molecule has 0 aliphatic heterocycles. The van der Waals surface area contributed by atoms with E-state index in [2.05, 4.69) is 0 Å². The number of para-hydroxylation sites is 1. The first kappa shape index (κ1) is 19.0. The molecule has 0 atom stereocenters. The summed E-state index contributed by atoms with van der Waals surface area (Å²) in [6.07, 6.45) is 1.37. The third-order valence-electron chi connectivity index (χ3n) is 3.61. The van der Waals surface area contributed by atoms with Crippen LogP contribution in [0.15, 0.2) is 24.3 Å². The second-order valence-electron chi connectivity index (χ2n) is 5.33. The van der Waals surface area contributed by atoms with Crippen LogP contribution in [0.1, 0.15) is 50.9 Å². The topological polar surface area (TPSA) is 49.9 Å². The summed E-state index contributed by atoms with van der Waals surface area (Å²) < 4.78 is 5.46. The van der Waals surface area contributed by atoms with Gasteiger partial charge in [0.15, 0.2) is 0 Å². The van der Waals surface area contributed by atoms with E-state index in [1.54, 1.807) is 29.2 Å². The maximum absolute atomic E-state index is 12.8. The molecule has 0 fully saturated rings. The molecule has 0 aromatic heterocycles. The van der Waals surface area contributed by atoms with E-state index in [1.165, 1.54) is 0 Å². The van der Waals surface area contributed by atoms with Crippen LogP contribution in [0, 0.1) is 0 Å². The lowest BCUT2D eigenvalue weighted by Crippen LogP contribution is -2.35. The number of nitrogens with zero attached hydrogens (tertiary/aromatic N) is 2. The van der Waals surface area contributed by atoms with Crippen molar-refractivity contribution in [2.75, 3.05) is 26.2 Å². The summed E-state index contributed by atoms with van der Waals surface area (Å²) in [7, 11) is 0. The van der Waals surface area contributed by atoms with Crippen LogP contribution in [0.4, 0.5) is 4.79 Å². The molecule has 0 saturated heterocycles. The Balaban J connectivity index is 3.00. The largest absolute Gasteiger partial charge is 0.415 e. The van der Waals surface area contributed by atoms with Gasteiger partial charge in [0.05, 0.1) is 5.56 Å². The summed E-state index contributed by atoms with van der Waals surface area (Å²) in [6.45, 7) is 10.4. The quantitative estimate of drug-likeness (QED) is 0.732. The number of benzene rings is 1. The lowest BCUT2D eigenvalue weighted by molar-refractivity contribution is 0.0752. The van der Waals surface area contributed by atoms with Gasteiger partial charge in [0.1, 0.15) is 5.75 Å². The Morgan fingerprint density at radius 1 is 0.913 bits per heavy atom. The monoisotopic (exact) mass is 320 g/mol. The van der Waals surface area contributed by atoms with Crippen LogP contribution in [0.3, 0.4) is 0 Å². The molecule has 0 spiro atoms. The predicted octanol–water partition coefficient (Wildman–Crippen LogP) is 3.79. The van der Waals surface area contributed by atoms with Gasteiger partial charge in [-0.05, 0) is 38.8 Å². The number of hydrogen-bond donors (Lipinski definition) is 0. The van der Waals surface area contributed by atoms with E-state index in [0.29, 0.717) is 37.5 Å². The van der Waals surface area contributed by atoms with Crippen LogP contribution >= 0.6 is 0 Å². The summed E-state index contributed by atoms with van der Waals surface area (Å²) in [4.78, 5) is 28.3. The molecular weight excluding hydrogens is 292 g/mol. The van der Waals surface area contributed by atoms with E-state index in [4.69, 9.17) is 4.74 Å². The Morgan fingerprint density at radius 2 is 1.48 bits per heavy atom. The molecular formula is C18H28N2O3. The summed E-state index contributed by atoms with van der Waals surface area (Å²) in [5.41, 5.74) is 0.440. The van der Waals surface area contributed by atoms with Crippen molar-refractivity contribution in [3.63, 3.8) is 0 Å². The first-order valence-corrected chi connectivity index (χ1v) is 8.43. The molecule has 23 heavy (non-hydrogen) atoms. The summed E-state index contributed by atoms with van der Waals surface area (Å²) in [6, 6.07) is 6.94. The average Bonchev–Trinajstić information content (AvgIpc) is 2.55. The molecule has 0 saturated carbocycles. The van der Waals surface area contributed by atoms with E-state index in [-0.39, 0.29) is 5.91 Å². The number of amides is 2. The molecule has 0 N–H and O–H groups in total. The highest BCUT2D eigenvalue weighted by molar-refractivity contribution is 5.97. The second-order valence-corrected chi connectivity index (χ2v) is 5.33. The first-order chi connectivity index (χ1) is 11.1. The molecule has 1 rings (SSSR count). The van der Waals surface area contributed by atoms with Crippen LogP contribution in [0.5, 0.6) is 5.75 Å². The maximum atomic E-state index is 12.8. The Labute approximate surface area is 139 Å². The minimum absolute atomic E-state index is 0.0864. The summed E-state index contributed by atoms with van der Waals surface area (Å²) in [5, 5.41) is 0. The molecule has 0 aliphatic rings. The zero-order chi connectivity index (χ0) is 17.2. The van der Waals surface area contributed by atoms with Crippen molar-refractivity contribution in [3.8, 4) is 5.75 Å². The number of hydrogen-bond acceptors (Lipinski definition) is 3. The predicted molar refractivity (Wildman–Crippen MR) is 91.9 cm³/mol. The van der Waals surface area contributed by atoms with E-state index < -0.39 is 6.09 Å². The van der Waals surface area contributed by atoms with Crippen molar-refractivity contribution >= 4 is 12.0 Å². The molecule has 5 heteroatoms. The fraction of sp³-hybridized carbons (Fsp3) is 0.556. The molecule has 5 nitrogen and oxygen atoms in total. The molecule has 0 aliphatic carbocycles. The van der Waals surface area contributed by atoms with Crippen molar-refractivity contribution in [2.45, 2.75) is 40.5 Å². The summed E-state index contributed by atoms with van der Waals surface area (Å²) in [5.74, 6) is 0.239. The lowest BCUT2D eigenvalue weighted by atomic mass is 10.1. The fourth-order valence-electron chi connectivity index (χ4n) is 2.40. The van der Waals surface area contributed by atoms with Gasteiger partial charge in [-0.1, -0.05) is 26.0 Å². The zero-order valence-electron chi connectivity index (χ0n) is 14.7. The minimum Gasteiger partial charge on any atom is -0.409 e. The van der Waals surface area contributed by atoms with Gasteiger partial charge in [-0.25, -0.2) is 4.79 Å². The molecule has 0 unspecified atom stereocenters. The number of carbonyl (C=O) groups is 2. The Hall–Kier alpha value is -2.04. The highest BCUT2D eigenvalue weighted by Crippen LogP contribution is 2.21. The average molecular weight is 320 g/mol. The third-order valence-corrected chi connectivity index (χ3v) is 3.61. The van der Waals surface area contributed by atoms with Crippen molar-refractivity contribution in [2.24, 2.45) is 0 Å². The van der Waals surface area contributed by atoms with E-state index >= 15 is 0 Å². The van der Waals surface area contributed by atoms with Gasteiger partial charge in [0.2, 0.25) is 0 Å². The van der Waals surface area contributed by atoms with Gasteiger partial charge < -0.3 is 14.5 Å². The zero-order valence-corrected chi connectivity index (χ0v) is 14.7. The second kappa shape index (κ2) is 9.87. The van der Waals surface area contributed by atoms with Crippen molar-refractivity contribution in [1.29, 1.82) is 0 Å². The number of rotatable bonds is 8. The lowest BCUT2D eigenvalue weighted by Gasteiger charge is -2.23. The molecule has 2 amide bonds. The smallest absolute Gasteiger partial charge is 0.409 e. The normalized spacial score (nSPS) is 10.3. The van der Waals surface area contributed by atoms with Gasteiger partial charge in [-0.2, -0.15) is 0 Å². The molecule has 1 aromatic carbocycles. The minimum atomic E-state index is -0.423. The fourth-order valence-corrected chi connectivity index (χ4v) is 2.40. The van der Waals surface area contributed by atoms with Crippen molar-refractivity contribution < 1.29 is 14.3 Å². The first-order valence-electron chi connectivity index (χ1n) is 8.43. The van der Waals surface area contributed by atoms with Crippen LogP contribution in [-0.2, 0) is 0 Å². The van der Waals surface area contributed by atoms with Gasteiger partial charge >= 0.3 is 6.09 Å². The maximum Gasteiger partial charge on any atom is 0.415 e. The highest BCUT2D eigenvalue weighted by Gasteiger charge is 2.21. The molecule has 0 heterocycles. The van der Waals surface area contributed by atoms with E-state index in [9.17, 15) is 9.59 Å². The summed E-state index contributed by atoms with van der Waals surface area (Å²) >= 11 is 0. The van der Waals surface area contributed by atoms with Gasteiger partial charge in [-0.3, -0.25) is 4.79 Å².